The van der Waals surface area contributed by atoms with E-state index >= 15 is 0 Å². The van der Waals surface area contributed by atoms with E-state index in [-0.39, 0.29) is 0 Å². The molecule has 2 aliphatic rings. The van der Waals surface area contributed by atoms with E-state index in [1.54, 1.807) is 0 Å². The molecule has 1 aliphatic heterocycles. The molecule has 6 rings (SSSR count). The van der Waals surface area contributed by atoms with Gasteiger partial charge in [-0.1, -0.05) is 116 Å². The second-order valence-electron chi connectivity index (χ2n) is 9.61. The summed E-state index contributed by atoms with van der Waals surface area (Å²) in [5, 5.41) is 12.9. The quantitative estimate of drug-likeness (QED) is 0.355. The van der Waals surface area contributed by atoms with E-state index in [2.05, 4.69) is 96.5 Å². The van der Waals surface area contributed by atoms with Crippen molar-refractivity contribution in [3.8, 4) is 11.8 Å². The number of benzene rings is 4. The van der Waals surface area contributed by atoms with E-state index in [4.69, 9.17) is 0 Å². The smallest absolute Gasteiger partial charge is 0.183 e. The van der Waals surface area contributed by atoms with Crippen molar-refractivity contribution in [2.24, 2.45) is 0 Å². The highest BCUT2D eigenvalue weighted by Gasteiger charge is 2.64. The van der Waals surface area contributed by atoms with Crippen molar-refractivity contribution in [2.45, 2.75) is 31.0 Å². The molecule has 35 heavy (non-hydrogen) atoms. The Bertz CT molecular complexity index is 1460. The van der Waals surface area contributed by atoms with Crippen LogP contribution in [0.2, 0.25) is 0 Å². The molecule has 2 unspecified atom stereocenters. The van der Waals surface area contributed by atoms with Crippen molar-refractivity contribution < 1.29 is 5.11 Å². The van der Waals surface area contributed by atoms with Gasteiger partial charge >= 0.3 is 0 Å². The first kappa shape index (κ1) is 21.5. The van der Waals surface area contributed by atoms with Gasteiger partial charge in [-0.2, -0.15) is 0 Å². The number of anilines is 1. The predicted octanol–water partition coefficient (Wildman–Crippen LogP) is 6.56. The van der Waals surface area contributed by atoms with Crippen LogP contribution in [0.25, 0.3) is 5.57 Å². The average Bonchev–Trinajstić information content (AvgIpc) is 3.25. The largest absolute Gasteiger partial charge is 0.365 e. The number of fused-ring (bicyclic) bond motifs is 3. The normalized spacial score (nSPS) is 22.4. The number of para-hydroxylation sites is 1. The summed E-state index contributed by atoms with van der Waals surface area (Å²) >= 11 is 0. The fourth-order valence-corrected chi connectivity index (χ4v) is 5.79. The topological polar surface area (TPSA) is 23.5 Å². The zero-order valence-electron chi connectivity index (χ0n) is 19.8. The van der Waals surface area contributed by atoms with Crippen LogP contribution in [0.5, 0.6) is 0 Å². The highest BCUT2D eigenvalue weighted by Crippen LogP contribution is 2.62. The van der Waals surface area contributed by atoms with Gasteiger partial charge in [-0.3, -0.25) is 0 Å². The van der Waals surface area contributed by atoms with Gasteiger partial charge in [0, 0.05) is 17.8 Å². The lowest BCUT2D eigenvalue weighted by molar-refractivity contribution is 0.0251. The zero-order chi connectivity index (χ0) is 23.9. The van der Waals surface area contributed by atoms with Gasteiger partial charge in [-0.05, 0) is 46.9 Å². The highest BCUT2D eigenvalue weighted by atomic mass is 16.3. The second-order valence-corrected chi connectivity index (χ2v) is 9.61. The molecule has 1 N–H and O–H groups in total. The first-order valence-electron chi connectivity index (χ1n) is 12.1. The SMILES string of the molecule is CC12CC(c3ccccc3)=C(C#Cc3ccccc3)C1(O)N(Cc1ccccc1)c1ccccc12. The molecule has 2 heteroatoms. The Balaban J connectivity index is 1.58. The number of aliphatic hydroxyl groups is 1. The monoisotopic (exact) mass is 453 g/mol. The van der Waals surface area contributed by atoms with Crippen molar-refractivity contribution in [1.82, 2.24) is 0 Å². The Morgan fingerprint density at radius 1 is 0.743 bits per heavy atom. The molecule has 0 radical (unpaired) electrons. The summed E-state index contributed by atoms with van der Waals surface area (Å²) in [6.07, 6.45) is 0.717. The van der Waals surface area contributed by atoms with Crippen molar-refractivity contribution in [2.75, 3.05) is 4.90 Å². The second kappa shape index (κ2) is 8.31. The standard InChI is InChI=1S/C33H27NO/c1-32-23-28(27-17-9-4-10-18-27)29(22-21-25-13-5-2-6-14-25)33(32,35)34(24-26-15-7-3-8-16-26)31-20-12-11-19-30(31)32/h2-20,35H,23-24H2,1H3. The minimum Gasteiger partial charge on any atom is -0.365 e. The Labute approximate surface area is 207 Å². The Morgan fingerprint density at radius 3 is 2.06 bits per heavy atom. The molecule has 1 heterocycles. The highest BCUT2D eigenvalue weighted by molar-refractivity contribution is 5.86. The molecule has 0 spiro atoms. The average molecular weight is 454 g/mol. The lowest BCUT2D eigenvalue weighted by Crippen LogP contribution is -2.55. The Morgan fingerprint density at radius 2 is 1.34 bits per heavy atom. The summed E-state index contributed by atoms with van der Waals surface area (Å²) in [4.78, 5) is 2.17. The number of hydrogen-bond donors (Lipinski definition) is 1. The van der Waals surface area contributed by atoms with Gasteiger partial charge in [0.2, 0.25) is 0 Å². The van der Waals surface area contributed by atoms with Crippen molar-refractivity contribution in [3.05, 3.63) is 143 Å². The maximum absolute atomic E-state index is 12.9. The van der Waals surface area contributed by atoms with Crippen LogP contribution in [-0.4, -0.2) is 10.8 Å². The summed E-state index contributed by atoms with van der Waals surface area (Å²) < 4.78 is 0. The summed E-state index contributed by atoms with van der Waals surface area (Å²) in [7, 11) is 0. The van der Waals surface area contributed by atoms with Crippen LogP contribution in [0.4, 0.5) is 5.69 Å². The van der Waals surface area contributed by atoms with Crippen LogP contribution in [0.3, 0.4) is 0 Å². The zero-order valence-corrected chi connectivity index (χ0v) is 19.8. The Kier molecular flexibility index (Phi) is 5.10. The van der Waals surface area contributed by atoms with Gasteiger partial charge in [0.25, 0.3) is 0 Å². The van der Waals surface area contributed by atoms with Gasteiger partial charge < -0.3 is 10.0 Å². The summed E-state index contributed by atoms with van der Waals surface area (Å²) in [6, 6.07) is 39.2. The molecule has 0 saturated heterocycles. The van der Waals surface area contributed by atoms with E-state index in [1.807, 2.05) is 42.5 Å². The van der Waals surface area contributed by atoms with Gasteiger partial charge in [-0.25, -0.2) is 0 Å². The molecule has 4 aromatic carbocycles. The van der Waals surface area contributed by atoms with Crippen LogP contribution >= 0.6 is 0 Å². The van der Waals surface area contributed by atoms with E-state index in [0.717, 1.165) is 33.5 Å². The van der Waals surface area contributed by atoms with Gasteiger partial charge in [0.1, 0.15) is 0 Å². The van der Waals surface area contributed by atoms with E-state index in [0.29, 0.717) is 13.0 Å². The fourth-order valence-electron chi connectivity index (χ4n) is 5.79. The van der Waals surface area contributed by atoms with Gasteiger partial charge in [0.05, 0.1) is 11.0 Å². The third-order valence-electron chi connectivity index (χ3n) is 7.54. The van der Waals surface area contributed by atoms with Crippen LogP contribution in [0.1, 0.15) is 35.6 Å². The Hall–Kier alpha value is -4.06. The van der Waals surface area contributed by atoms with Crippen molar-refractivity contribution in [1.29, 1.82) is 0 Å². The molecule has 2 atom stereocenters. The molecule has 170 valence electrons. The minimum absolute atomic E-state index is 0.524. The molecular weight excluding hydrogens is 426 g/mol. The number of hydrogen-bond acceptors (Lipinski definition) is 2. The summed E-state index contributed by atoms with van der Waals surface area (Å²) in [6.45, 7) is 2.79. The lowest BCUT2D eigenvalue weighted by Gasteiger charge is -2.41. The van der Waals surface area contributed by atoms with E-state index in [9.17, 15) is 5.11 Å². The minimum atomic E-state index is -1.26. The molecule has 0 amide bonds. The van der Waals surface area contributed by atoms with Crippen molar-refractivity contribution >= 4 is 11.3 Å². The third kappa shape index (κ3) is 3.32. The van der Waals surface area contributed by atoms with Crippen LogP contribution in [0, 0.1) is 11.8 Å². The summed E-state index contributed by atoms with van der Waals surface area (Å²) in [5.74, 6) is 6.83. The molecule has 1 aliphatic carbocycles. The molecule has 4 aromatic rings. The molecule has 0 aromatic heterocycles. The van der Waals surface area contributed by atoms with Crippen LogP contribution in [-0.2, 0) is 12.0 Å². The lowest BCUT2D eigenvalue weighted by atomic mass is 9.75. The number of allylic oxidation sites excluding steroid dienone is 1. The number of rotatable bonds is 3. The van der Waals surface area contributed by atoms with Crippen LogP contribution in [0.15, 0.2) is 121 Å². The van der Waals surface area contributed by atoms with Gasteiger partial charge in [-0.15, -0.1) is 0 Å². The van der Waals surface area contributed by atoms with E-state index in [1.165, 1.54) is 5.56 Å². The number of nitrogens with zero attached hydrogens (tertiary/aromatic N) is 1. The maximum Gasteiger partial charge on any atom is 0.183 e. The van der Waals surface area contributed by atoms with Crippen LogP contribution < -0.4 is 4.90 Å². The molecule has 0 bridgehead atoms. The molecule has 0 fully saturated rings. The van der Waals surface area contributed by atoms with Crippen molar-refractivity contribution in [3.63, 3.8) is 0 Å². The fraction of sp³-hybridized carbons (Fsp3) is 0.152. The maximum atomic E-state index is 12.9. The van der Waals surface area contributed by atoms with E-state index < -0.39 is 11.1 Å². The molecule has 2 nitrogen and oxygen atoms in total. The third-order valence-corrected chi connectivity index (χ3v) is 7.54. The predicted molar refractivity (Wildman–Crippen MR) is 143 cm³/mol. The first-order valence-corrected chi connectivity index (χ1v) is 12.1. The summed E-state index contributed by atoms with van der Waals surface area (Å²) in [5.41, 5.74) is 5.58. The molecule has 0 saturated carbocycles. The molecular formula is C33H27NO. The van der Waals surface area contributed by atoms with Gasteiger partial charge in [0.15, 0.2) is 5.72 Å². The first-order chi connectivity index (χ1) is 17.1.